The Kier molecular flexibility index (Phi) is 5.63. The number of likely N-dealkylation sites (tertiary alicyclic amines) is 1. The van der Waals surface area contributed by atoms with Gasteiger partial charge in [-0.25, -0.2) is 4.79 Å². The molecule has 1 fully saturated rings. The van der Waals surface area contributed by atoms with Crippen molar-refractivity contribution in [2.45, 2.75) is 45.3 Å². The lowest BCUT2D eigenvalue weighted by molar-refractivity contribution is 0.170. The number of carbonyl (C=O) groups is 1. The van der Waals surface area contributed by atoms with Gasteiger partial charge in [-0.2, -0.15) is 0 Å². The van der Waals surface area contributed by atoms with Crippen molar-refractivity contribution < 1.29 is 9.00 Å². The van der Waals surface area contributed by atoms with E-state index in [0.717, 1.165) is 19.5 Å². The maximum Gasteiger partial charge on any atom is 0.317 e. The number of urea groups is 1. The van der Waals surface area contributed by atoms with Gasteiger partial charge in [0.2, 0.25) is 0 Å². The molecule has 0 aromatic rings. The van der Waals surface area contributed by atoms with Gasteiger partial charge in [-0.15, -0.1) is 0 Å². The van der Waals surface area contributed by atoms with E-state index in [0.29, 0.717) is 18.2 Å². The molecular weight excluding hydrogens is 248 g/mol. The highest BCUT2D eigenvalue weighted by Gasteiger charge is 2.22. The third-order valence-corrected chi connectivity index (χ3v) is 5.13. The van der Waals surface area contributed by atoms with Crippen molar-refractivity contribution in [2.75, 3.05) is 25.4 Å². The number of nitrogens with zero attached hydrogens (tertiary/aromatic N) is 1. The van der Waals surface area contributed by atoms with Crippen molar-refractivity contribution in [2.24, 2.45) is 5.92 Å². The summed E-state index contributed by atoms with van der Waals surface area (Å²) >= 11 is 0. The standard InChI is InChI=1S/C13H26N2O2S/c1-11-6-5-8-15(10-11)12(16)14-7-9-18(17)13(2,3)4/h11H,5-10H2,1-4H3,(H,14,16). The fourth-order valence-electron chi connectivity index (χ4n) is 2.04. The number of rotatable bonds is 3. The molecule has 0 radical (unpaired) electrons. The van der Waals surface area contributed by atoms with Crippen molar-refractivity contribution in [3.63, 3.8) is 0 Å². The van der Waals surface area contributed by atoms with E-state index in [-0.39, 0.29) is 10.8 Å². The van der Waals surface area contributed by atoms with E-state index in [9.17, 15) is 9.00 Å². The molecule has 2 amide bonds. The zero-order chi connectivity index (χ0) is 13.8. The Morgan fingerprint density at radius 2 is 2.11 bits per heavy atom. The molecule has 1 N–H and O–H groups in total. The molecule has 0 bridgehead atoms. The van der Waals surface area contributed by atoms with Gasteiger partial charge < -0.3 is 10.2 Å². The highest BCUT2D eigenvalue weighted by atomic mass is 32.2. The second kappa shape index (κ2) is 6.55. The summed E-state index contributed by atoms with van der Waals surface area (Å²) in [5, 5.41) is 2.87. The molecule has 0 aliphatic carbocycles. The molecule has 1 heterocycles. The molecule has 1 aliphatic heterocycles. The summed E-state index contributed by atoms with van der Waals surface area (Å²) in [6, 6.07) is -0.00698. The summed E-state index contributed by atoms with van der Waals surface area (Å²) < 4.78 is 11.6. The Hall–Kier alpha value is -0.580. The fraction of sp³-hybridized carbons (Fsp3) is 0.923. The molecule has 2 atom stereocenters. The van der Waals surface area contributed by atoms with Crippen LogP contribution in [0.4, 0.5) is 4.79 Å². The summed E-state index contributed by atoms with van der Waals surface area (Å²) in [5.74, 6) is 1.12. The lowest BCUT2D eigenvalue weighted by Gasteiger charge is -2.31. The summed E-state index contributed by atoms with van der Waals surface area (Å²) in [4.78, 5) is 13.8. The average molecular weight is 274 g/mol. The van der Waals surface area contributed by atoms with E-state index in [1.165, 1.54) is 6.42 Å². The normalized spacial score (nSPS) is 22.7. The highest BCUT2D eigenvalue weighted by Crippen LogP contribution is 2.15. The molecule has 1 saturated heterocycles. The minimum atomic E-state index is -0.899. The third-order valence-electron chi connectivity index (χ3n) is 3.19. The van der Waals surface area contributed by atoms with E-state index in [1.54, 1.807) is 0 Å². The van der Waals surface area contributed by atoms with Crippen LogP contribution < -0.4 is 5.32 Å². The quantitative estimate of drug-likeness (QED) is 0.855. The van der Waals surface area contributed by atoms with E-state index < -0.39 is 10.8 Å². The van der Waals surface area contributed by atoms with Crippen molar-refractivity contribution in [1.29, 1.82) is 0 Å². The number of hydrogen-bond donors (Lipinski definition) is 1. The van der Waals surface area contributed by atoms with Gasteiger partial charge in [-0.05, 0) is 39.5 Å². The Bertz CT molecular complexity index is 313. The maximum absolute atomic E-state index is 11.9. The first-order valence-corrected chi connectivity index (χ1v) is 8.04. The molecule has 1 aliphatic rings. The first-order chi connectivity index (χ1) is 8.30. The van der Waals surface area contributed by atoms with Crippen molar-refractivity contribution >= 4 is 16.8 Å². The van der Waals surface area contributed by atoms with Gasteiger partial charge in [0, 0.05) is 40.9 Å². The second-order valence-electron chi connectivity index (χ2n) is 6.09. The number of amides is 2. The number of carbonyl (C=O) groups excluding carboxylic acids is 1. The first-order valence-electron chi connectivity index (χ1n) is 6.72. The maximum atomic E-state index is 11.9. The summed E-state index contributed by atoms with van der Waals surface area (Å²) in [5.41, 5.74) is 0. The van der Waals surface area contributed by atoms with Crippen molar-refractivity contribution in [3.8, 4) is 0 Å². The van der Waals surface area contributed by atoms with E-state index >= 15 is 0 Å². The van der Waals surface area contributed by atoms with Gasteiger partial charge in [0.1, 0.15) is 0 Å². The SMILES string of the molecule is CC1CCCN(C(=O)NCCS(=O)C(C)(C)C)C1. The Morgan fingerprint density at radius 3 is 2.67 bits per heavy atom. The topological polar surface area (TPSA) is 49.4 Å². The molecule has 5 heteroatoms. The number of hydrogen-bond acceptors (Lipinski definition) is 2. The van der Waals surface area contributed by atoms with Crippen LogP contribution in [0.3, 0.4) is 0 Å². The summed E-state index contributed by atoms with van der Waals surface area (Å²) in [6.07, 6.45) is 2.29. The van der Waals surface area contributed by atoms with Crippen LogP contribution in [0.25, 0.3) is 0 Å². The smallest absolute Gasteiger partial charge is 0.317 e. The molecule has 0 spiro atoms. The average Bonchev–Trinajstić information content (AvgIpc) is 2.27. The van der Waals surface area contributed by atoms with E-state index in [1.807, 2.05) is 25.7 Å². The molecule has 0 saturated carbocycles. The predicted octanol–water partition coefficient (Wildman–Crippen LogP) is 1.98. The minimum absolute atomic E-state index is 0.00698. The molecule has 2 unspecified atom stereocenters. The van der Waals surface area contributed by atoms with Crippen LogP contribution in [-0.2, 0) is 10.8 Å². The third kappa shape index (κ3) is 4.96. The van der Waals surface area contributed by atoms with Gasteiger partial charge in [-0.3, -0.25) is 4.21 Å². The lowest BCUT2D eigenvalue weighted by atomic mass is 10.0. The van der Waals surface area contributed by atoms with Gasteiger partial charge in [0.05, 0.1) is 0 Å². The fourth-order valence-corrected chi connectivity index (χ4v) is 2.94. The number of piperidine rings is 1. The van der Waals surface area contributed by atoms with Gasteiger partial charge >= 0.3 is 6.03 Å². The molecule has 18 heavy (non-hydrogen) atoms. The highest BCUT2D eigenvalue weighted by molar-refractivity contribution is 7.86. The zero-order valence-electron chi connectivity index (χ0n) is 12.0. The molecule has 0 aromatic carbocycles. The van der Waals surface area contributed by atoms with Crippen LogP contribution in [0.5, 0.6) is 0 Å². The largest absolute Gasteiger partial charge is 0.337 e. The Balaban J connectivity index is 2.27. The monoisotopic (exact) mass is 274 g/mol. The molecule has 4 nitrogen and oxygen atoms in total. The molecule has 106 valence electrons. The van der Waals surface area contributed by atoms with Crippen LogP contribution in [-0.4, -0.2) is 45.3 Å². The summed E-state index contributed by atoms with van der Waals surface area (Å²) in [6.45, 7) is 10.2. The van der Waals surface area contributed by atoms with Crippen LogP contribution in [0.2, 0.25) is 0 Å². The second-order valence-corrected chi connectivity index (χ2v) is 8.41. The summed E-state index contributed by atoms with van der Waals surface area (Å²) in [7, 11) is -0.899. The Morgan fingerprint density at radius 1 is 1.44 bits per heavy atom. The molecule has 0 aromatic heterocycles. The predicted molar refractivity (Wildman–Crippen MR) is 76.1 cm³/mol. The number of nitrogens with one attached hydrogen (secondary N) is 1. The van der Waals surface area contributed by atoms with Crippen LogP contribution in [0.15, 0.2) is 0 Å². The van der Waals surface area contributed by atoms with E-state index in [2.05, 4.69) is 12.2 Å². The van der Waals surface area contributed by atoms with Gasteiger partial charge in [-0.1, -0.05) is 6.92 Å². The minimum Gasteiger partial charge on any atom is -0.337 e. The first kappa shape index (κ1) is 15.5. The van der Waals surface area contributed by atoms with Gasteiger partial charge in [0.15, 0.2) is 0 Å². The molecular formula is C13H26N2O2S. The van der Waals surface area contributed by atoms with Crippen LogP contribution in [0.1, 0.15) is 40.5 Å². The van der Waals surface area contributed by atoms with Crippen molar-refractivity contribution in [3.05, 3.63) is 0 Å². The van der Waals surface area contributed by atoms with Crippen LogP contribution in [0, 0.1) is 5.92 Å². The van der Waals surface area contributed by atoms with Gasteiger partial charge in [0.25, 0.3) is 0 Å². The van der Waals surface area contributed by atoms with Crippen molar-refractivity contribution in [1.82, 2.24) is 10.2 Å². The lowest BCUT2D eigenvalue weighted by Crippen LogP contribution is -2.46. The Labute approximate surface area is 113 Å². The zero-order valence-corrected chi connectivity index (χ0v) is 12.8. The van der Waals surface area contributed by atoms with E-state index in [4.69, 9.17) is 0 Å². The van der Waals surface area contributed by atoms with Crippen LogP contribution >= 0.6 is 0 Å². The molecule has 1 rings (SSSR count).